The van der Waals surface area contributed by atoms with Crippen molar-refractivity contribution in [3.63, 3.8) is 0 Å². The molecule has 31 heavy (non-hydrogen) atoms. The zero-order valence-electron chi connectivity index (χ0n) is 17.5. The second-order valence-electron chi connectivity index (χ2n) is 7.46. The average Bonchev–Trinajstić information content (AvgIpc) is 3.00. The summed E-state index contributed by atoms with van der Waals surface area (Å²) in [5, 5.41) is 0. The van der Waals surface area contributed by atoms with E-state index in [9.17, 15) is 14.4 Å². The Kier molecular flexibility index (Phi) is 5.29. The van der Waals surface area contributed by atoms with Gasteiger partial charge in [-0.25, -0.2) is 9.69 Å². The number of rotatable bonds is 5. The summed E-state index contributed by atoms with van der Waals surface area (Å²) < 4.78 is 11.0. The van der Waals surface area contributed by atoms with Crippen LogP contribution in [0.1, 0.15) is 37.4 Å². The highest BCUT2D eigenvalue weighted by molar-refractivity contribution is 6.34. The van der Waals surface area contributed by atoms with Crippen LogP contribution in [0.25, 0.3) is 0 Å². The lowest BCUT2D eigenvalue weighted by Gasteiger charge is -2.15. The van der Waals surface area contributed by atoms with Crippen molar-refractivity contribution in [1.29, 1.82) is 0 Å². The van der Waals surface area contributed by atoms with Gasteiger partial charge in [0.2, 0.25) is 0 Å². The third kappa shape index (κ3) is 3.92. The van der Waals surface area contributed by atoms with Crippen molar-refractivity contribution in [3.05, 3.63) is 88.5 Å². The molecule has 1 heterocycles. The van der Waals surface area contributed by atoms with Gasteiger partial charge in [-0.05, 0) is 67.8 Å². The van der Waals surface area contributed by atoms with Gasteiger partial charge in [-0.1, -0.05) is 24.3 Å². The van der Waals surface area contributed by atoms with Crippen LogP contribution in [-0.2, 0) is 4.79 Å². The standard InChI is InChI=1S/C25H21NO5/c1-15-11-16(2)17(3)22(12-15)30-14-23(27)31-19-8-6-7-18(13-19)26-24(28)20-9-4-5-10-21(20)25(26)29/h4-13H,14H2,1-3H3. The SMILES string of the molecule is Cc1cc(C)c(C)c(OCC(=O)Oc2cccc(N3C(=O)c4ccccc4C3=O)c2)c1. The Morgan fingerprint density at radius 2 is 1.55 bits per heavy atom. The molecule has 6 heteroatoms. The van der Waals surface area contributed by atoms with E-state index < -0.39 is 17.8 Å². The normalized spacial score (nSPS) is 12.7. The number of anilines is 1. The molecule has 3 aromatic rings. The highest BCUT2D eigenvalue weighted by atomic mass is 16.6. The molecule has 3 aromatic carbocycles. The van der Waals surface area contributed by atoms with Gasteiger partial charge in [0.15, 0.2) is 6.61 Å². The molecule has 4 rings (SSSR count). The van der Waals surface area contributed by atoms with Gasteiger partial charge < -0.3 is 9.47 Å². The molecular weight excluding hydrogens is 394 g/mol. The fourth-order valence-corrected chi connectivity index (χ4v) is 3.56. The molecule has 0 saturated heterocycles. The summed E-state index contributed by atoms with van der Waals surface area (Å²) in [6.45, 7) is 5.61. The fraction of sp³-hybridized carbons (Fsp3) is 0.160. The first-order chi connectivity index (χ1) is 14.8. The fourth-order valence-electron chi connectivity index (χ4n) is 3.56. The van der Waals surface area contributed by atoms with Crippen molar-refractivity contribution < 1.29 is 23.9 Å². The number of hydrogen-bond acceptors (Lipinski definition) is 5. The summed E-state index contributed by atoms with van der Waals surface area (Å²) in [6.07, 6.45) is 0. The maximum atomic E-state index is 12.7. The molecule has 156 valence electrons. The topological polar surface area (TPSA) is 72.9 Å². The van der Waals surface area contributed by atoms with Gasteiger partial charge in [-0.15, -0.1) is 0 Å². The van der Waals surface area contributed by atoms with E-state index in [0.717, 1.165) is 21.6 Å². The van der Waals surface area contributed by atoms with Crippen LogP contribution >= 0.6 is 0 Å². The molecule has 0 N–H and O–H groups in total. The van der Waals surface area contributed by atoms with E-state index in [1.54, 1.807) is 42.5 Å². The van der Waals surface area contributed by atoms with Crippen molar-refractivity contribution in [1.82, 2.24) is 0 Å². The van der Waals surface area contributed by atoms with Crippen molar-refractivity contribution >= 4 is 23.5 Å². The van der Waals surface area contributed by atoms with Gasteiger partial charge in [0.25, 0.3) is 11.8 Å². The first-order valence-electron chi connectivity index (χ1n) is 9.84. The molecule has 0 aromatic heterocycles. The van der Waals surface area contributed by atoms with Crippen LogP contribution in [-0.4, -0.2) is 24.4 Å². The summed E-state index contributed by atoms with van der Waals surface area (Å²) in [7, 11) is 0. The molecule has 0 radical (unpaired) electrons. The highest BCUT2D eigenvalue weighted by Crippen LogP contribution is 2.30. The monoisotopic (exact) mass is 415 g/mol. The molecule has 2 amide bonds. The number of aryl methyl sites for hydroxylation is 2. The Morgan fingerprint density at radius 1 is 0.871 bits per heavy atom. The Labute approximate surface area is 180 Å². The van der Waals surface area contributed by atoms with E-state index in [4.69, 9.17) is 9.47 Å². The van der Waals surface area contributed by atoms with E-state index in [2.05, 4.69) is 0 Å². The zero-order chi connectivity index (χ0) is 22.1. The number of imide groups is 1. The Morgan fingerprint density at radius 3 is 2.23 bits per heavy atom. The van der Waals surface area contributed by atoms with Gasteiger partial charge in [0, 0.05) is 6.07 Å². The molecule has 1 aliphatic heterocycles. The van der Waals surface area contributed by atoms with Crippen LogP contribution in [0.3, 0.4) is 0 Å². The summed E-state index contributed by atoms with van der Waals surface area (Å²) in [4.78, 5) is 38.7. The Balaban J connectivity index is 1.47. The first kappa shape index (κ1) is 20.3. The quantitative estimate of drug-likeness (QED) is 0.351. The minimum absolute atomic E-state index is 0.222. The third-order valence-corrected chi connectivity index (χ3v) is 5.21. The van der Waals surface area contributed by atoms with Crippen LogP contribution in [0, 0.1) is 20.8 Å². The van der Waals surface area contributed by atoms with E-state index in [-0.39, 0.29) is 12.4 Å². The van der Waals surface area contributed by atoms with E-state index in [1.807, 2.05) is 32.9 Å². The molecule has 0 aliphatic carbocycles. The van der Waals surface area contributed by atoms with Crippen LogP contribution in [0.4, 0.5) is 5.69 Å². The summed E-state index contributed by atoms with van der Waals surface area (Å²) >= 11 is 0. The Hall–Kier alpha value is -3.93. The Bertz CT molecular complexity index is 1180. The molecule has 0 unspecified atom stereocenters. The molecule has 0 saturated carbocycles. The number of ether oxygens (including phenoxy) is 2. The second-order valence-corrected chi connectivity index (χ2v) is 7.46. The molecule has 0 fully saturated rings. The predicted octanol–water partition coefficient (Wildman–Crippen LogP) is 4.40. The van der Waals surface area contributed by atoms with Gasteiger partial charge in [0.1, 0.15) is 11.5 Å². The molecule has 6 nitrogen and oxygen atoms in total. The summed E-state index contributed by atoms with van der Waals surface area (Å²) in [6, 6.07) is 16.9. The lowest BCUT2D eigenvalue weighted by molar-refractivity contribution is -0.136. The smallest absolute Gasteiger partial charge is 0.349 e. The maximum absolute atomic E-state index is 12.7. The number of nitrogens with zero attached hydrogens (tertiary/aromatic N) is 1. The van der Waals surface area contributed by atoms with E-state index in [0.29, 0.717) is 22.6 Å². The second kappa shape index (κ2) is 8.07. The molecule has 1 aliphatic rings. The predicted molar refractivity (Wildman–Crippen MR) is 116 cm³/mol. The van der Waals surface area contributed by atoms with E-state index in [1.165, 1.54) is 6.07 Å². The average molecular weight is 415 g/mol. The largest absolute Gasteiger partial charge is 0.482 e. The minimum atomic E-state index is -0.585. The van der Waals surface area contributed by atoms with E-state index >= 15 is 0 Å². The van der Waals surface area contributed by atoms with Crippen LogP contribution in [0.5, 0.6) is 11.5 Å². The summed E-state index contributed by atoms with van der Waals surface area (Å²) in [5.74, 6) is -0.539. The molecule has 0 bridgehead atoms. The van der Waals surface area contributed by atoms with Gasteiger partial charge in [-0.2, -0.15) is 0 Å². The number of carbonyl (C=O) groups is 3. The maximum Gasteiger partial charge on any atom is 0.349 e. The molecule has 0 atom stereocenters. The first-order valence-corrected chi connectivity index (χ1v) is 9.84. The minimum Gasteiger partial charge on any atom is -0.482 e. The van der Waals surface area contributed by atoms with Crippen molar-refractivity contribution in [2.24, 2.45) is 0 Å². The summed E-state index contributed by atoms with van der Waals surface area (Å²) in [5.41, 5.74) is 4.13. The number of fused-ring (bicyclic) bond motifs is 1. The van der Waals surface area contributed by atoms with Crippen molar-refractivity contribution in [2.45, 2.75) is 20.8 Å². The number of hydrogen-bond donors (Lipinski definition) is 0. The number of esters is 1. The molecular formula is C25H21NO5. The van der Waals surface area contributed by atoms with Crippen LogP contribution in [0.2, 0.25) is 0 Å². The lowest BCUT2D eigenvalue weighted by Crippen LogP contribution is -2.29. The van der Waals surface area contributed by atoms with Gasteiger partial charge in [-0.3, -0.25) is 9.59 Å². The third-order valence-electron chi connectivity index (χ3n) is 5.21. The lowest BCUT2D eigenvalue weighted by atomic mass is 10.1. The number of amides is 2. The zero-order valence-corrected chi connectivity index (χ0v) is 17.5. The molecule has 0 spiro atoms. The van der Waals surface area contributed by atoms with Gasteiger partial charge in [0.05, 0.1) is 16.8 Å². The van der Waals surface area contributed by atoms with Gasteiger partial charge >= 0.3 is 5.97 Å². The number of carbonyl (C=O) groups excluding carboxylic acids is 3. The van der Waals surface area contributed by atoms with Crippen molar-refractivity contribution in [2.75, 3.05) is 11.5 Å². The van der Waals surface area contributed by atoms with Crippen LogP contribution < -0.4 is 14.4 Å². The van der Waals surface area contributed by atoms with Crippen molar-refractivity contribution in [3.8, 4) is 11.5 Å². The van der Waals surface area contributed by atoms with Crippen LogP contribution in [0.15, 0.2) is 60.7 Å². The number of benzene rings is 3. The highest BCUT2D eigenvalue weighted by Gasteiger charge is 2.36.